The van der Waals surface area contributed by atoms with Crippen LogP contribution in [0, 0.1) is 11.8 Å². The molecule has 0 aromatic heterocycles. The molecule has 0 bridgehead atoms. The minimum absolute atomic E-state index is 0.00407. The van der Waals surface area contributed by atoms with Gasteiger partial charge in [0.25, 0.3) is 0 Å². The fraction of sp³-hybridized carbons (Fsp3) is 0.929. The number of rotatable bonds is 3. The van der Waals surface area contributed by atoms with Gasteiger partial charge in [-0.1, -0.05) is 0 Å². The molecule has 0 radical (unpaired) electrons. The molecule has 3 aliphatic rings. The molecule has 2 aliphatic carbocycles. The Bertz CT molecular complexity index is 322. The predicted molar refractivity (Wildman–Crippen MR) is 65.0 cm³/mol. The molecule has 0 amide bonds. The van der Waals surface area contributed by atoms with Gasteiger partial charge in [-0.05, 0) is 50.9 Å². The molecule has 102 valence electrons. The molecule has 0 aromatic carbocycles. The number of aliphatic hydroxyl groups is 2. The zero-order chi connectivity index (χ0) is 12.7. The van der Waals surface area contributed by atoms with Gasteiger partial charge in [0, 0.05) is 5.92 Å². The number of ketones is 1. The number of hydrogen-bond acceptors (Lipinski definition) is 4. The van der Waals surface area contributed by atoms with E-state index in [1.807, 2.05) is 0 Å². The van der Waals surface area contributed by atoms with Crippen molar-refractivity contribution in [1.29, 1.82) is 0 Å². The number of fused-ring (bicyclic) bond motifs is 1. The van der Waals surface area contributed by atoms with Crippen LogP contribution in [0.5, 0.6) is 0 Å². The first-order valence-electron chi connectivity index (χ1n) is 7.20. The fourth-order valence-electron chi connectivity index (χ4n) is 3.55. The zero-order valence-corrected chi connectivity index (χ0v) is 10.6. The molecule has 3 fully saturated rings. The first-order chi connectivity index (χ1) is 8.65. The third-order valence-electron chi connectivity index (χ3n) is 4.89. The Kier molecular flexibility index (Phi) is 3.43. The summed E-state index contributed by atoms with van der Waals surface area (Å²) in [5.74, 6) is 0.0692. The largest absolute Gasteiger partial charge is 0.393 e. The maximum atomic E-state index is 12.3. The number of Topliss-reactive ketones (excluding diaryl/α,β-unsaturated/α-hetero) is 1. The van der Waals surface area contributed by atoms with Crippen molar-refractivity contribution in [1.82, 2.24) is 0 Å². The second kappa shape index (κ2) is 4.91. The van der Waals surface area contributed by atoms with Gasteiger partial charge in [-0.2, -0.15) is 0 Å². The summed E-state index contributed by atoms with van der Waals surface area (Å²) in [4.78, 5) is 12.3. The summed E-state index contributed by atoms with van der Waals surface area (Å²) in [6.45, 7) is 0. The maximum Gasteiger partial charge on any atom is 0.164 e. The van der Waals surface area contributed by atoms with Crippen LogP contribution in [0.3, 0.4) is 0 Å². The third-order valence-corrected chi connectivity index (χ3v) is 4.89. The molecular formula is C14H22O4. The average molecular weight is 254 g/mol. The lowest BCUT2D eigenvalue weighted by molar-refractivity contribution is -0.136. The van der Waals surface area contributed by atoms with Gasteiger partial charge in [-0.15, -0.1) is 0 Å². The van der Waals surface area contributed by atoms with Crippen molar-refractivity contribution in [2.45, 2.75) is 69.4 Å². The van der Waals surface area contributed by atoms with Crippen molar-refractivity contribution in [2.75, 3.05) is 0 Å². The highest BCUT2D eigenvalue weighted by Crippen LogP contribution is 2.41. The van der Waals surface area contributed by atoms with Gasteiger partial charge in [0.15, 0.2) is 5.78 Å². The summed E-state index contributed by atoms with van der Waals surface area (Å²) in [6.07, 6.45) is 5.23. The van der Waals surface area contributed by atoms with Crippen molar-refractivity contribution in [3.8, 4) is 0 Å². The second-order valence-corrected chi connectivity index (χ2v) is 6.14. The normalized spacial score (nSPS) is 45.1. The van der Waals surface area contributed by atoms with Gasteiger partial charge >= 0.3 is 0 Å². The molecule has 4 heteroatoms. The molecule has 4 nitrogen and oxygen atoms in total. The first kappa shape index (κ1) is 12.6. The Balaban J connectivity index is 1.54. The smallest absolute Gasteiger partial charge is 0.164 e. The molecule has 2 N–H and O–H groups in total. The SMILES string of the molecule is O=C(C1CCC2OC2C1)C(O)C1CCC(O)CC1. The number of ether oxygens (including phenoxy) is 1. The van der Waals surface area contributed by atoms with Crippen LogP contribution < -0.4 is 0 Å². The number of carbonyl (C=O) groups is 1. The topological polar surface area (TPSA) is 70.1 Å². The molecule has 18 heavy (non-hydrogen) atoms. The summed E-state index contributed by atoms with van der Waals surface area (Å²) in [5, 5.41) is 19.7. The lowest BCUT2D eigenvalue weighted by Crippen LogP contribution is -2.38. The Labute approximate surface area is 107 Å². The van der Waals surface area contributed by atoms with Crippen molar-refractivity contribution in [3.05, 3.63) is 0 Å². The third kappa shape index (κ3) is 2.46. The van der Waals surface area contributed by atoms with Crippen LogP contribution in [0.2, 0.25) is 0 Å². The molecule has 0 aromatic rings. The van der Waals surface area contributed by atoms with E-state index in [4.69, 9.17) is 4.74 Å². The van der Waals surface area contributed by atoms with E-state index in [-0.39, 0.29) is 29.8 Å². The highest BCUT2D eigenvalue weighted by atomic mass is 16.6. The predicted octanol–water partition coefficient (Wildman–Crippen LogP) is 1.03. The van der Waals surface area contributed by atoms with E-state index in [1.165, 1.54) is 0 Å². The highest BCUT2D eigenvalue weighted by molar-refractivity contribution is 5.85. The van der Waals surface area contributed by atoms with Gasteiger partial charge in [0.2, 0.25) is 0 Å². The number of hydrogen-bond donors (Lipinski definition) is 2. The van der Waals surface area contributed by atoms with Crippen molar-refractivity contribution >= 4 is 5.78 Å². The van der Waals surface area contributed by atoms with Crippen molar-refractivity contribution < 1.29 is 19.7 Å². The summed E-state index contributed by atoms with van der Waals surface area (Å²) >= 11 is 0. The lowest BCUT2D eigenvalue weighted by Gasteiger charge is -2.30. The number of aliphatic hydroxyl groups excluding tert-OH is 2. The van der Waals surface area contributed by atoms with E-state index in [9.17, 15) is 15.0 Å². The Hall–Kier alpha value is -0.450. The first-order valence-corrected chi connectivity index (χ1v) is 7.20. The van der Waals surface area contributed by atoms with Gasteiger partial charge in [0.05, 0.1) is 18.3 Å². The van der Waals surface area contributed by atoms with Gasteiger partial charge in [0.1, 0.15) is 6.10 Å². The van der Waals surface area contributed by atoms with Crippen molar-refractivity contribution in [3.63, 3.8) is 0 Å². The van der Waals surface area contributed by atoms with Crippen LogP contribution in [0.1, 0.15) is 44.9 Å². The van der Waals surface area contributed by atoms with Crippen LogP contribution >= 0.6 is 0 Å². The Morgan fingerprint density at radius 1 is 1.06 bits per heavy atom. The molecule has 4 atom stereocenters. The summed E-state index contributed by atoms with van der Waals surface area (Å²) in [5.41, 5.74) is 0. The molecule has 0 spiro atoms. The van der Waals surface area contributed by atoms with Crippen LogP contribution in [-0.2, 0) is 9.53 Å². The molecule has 3 rings (SSSR count). The molecule has 1 saturated heterocycles. The molecule has 1 aliphatic heterocycles. The van der Waals surface area contributed by atoms with Gasteiger partial charge in [-0.3, -0.25) is 4.79 Å². The highest BCUT2D eigenvalue weighted by Gasteiger charge is 2.47. The fourth-order valence-corrected chi connectivity index (χ4v) is 3.55. The maximum absolute atomic E-state index is 12.3. The minimum atomic E-state index is -0.821. The monoisotopic (exact) mass is 254 g/mol. The number of epoxide rings is 1. The van der Waals surface area contributed by atoms with E-state index in [2.05, 4.69) is 0 Å². The van der Waals surface area contributed by atoms with Crippen LogP contribution in [-0.4, -0.2) is 40.4 Å². The van der Waals surface area contributed by atoms with E-state index >= 15 is 0 Å². The van der Waals surface area contributed by atoms with E-state index in [0.717, 1.165) is 32.1 Å². The zero-order valence-electron chi connectivity index (χ0n) is 10.6. The molecule has 2 saturated carbocycles. The quantitative estimate of drug-likeness (QED) is 0.738. The standard InChI is InChI=1S/C14H22O4/c15-10-4-1-8(2-5-10)13(16)14(17)9-3-6-11-12(7-9)18-11/h8-13,15-16H,1-7H2. The van der Waals surface area contributed by atoms with Gasteiger partial charge in [-0.25, -0.2) is 0 Å². The van der Waals surface area contributed by atoms with Crippen molar-refractivity contribution in [2.24, 2.45) is 11.8 Å². The van der Waals surface area contributed by atoms with Gasteiger partial charge < -0.3 is 14.9 Å². The van der Waals surface area contributed by atoms with E-state index < -0.39 is 6.10 Å². The average Bonchev–Trinajstić information content (AvgIpc) is 3.16. The van der Waals surface area contributed by atoms with Crippen LogP contribution in [0.15, 0.2) is 0 Å². The second-order valence-electron chi connectivity index (χ2n) is 6.14. The number of carbonyl (C=O) groups excluding carboxylic acids is 1. The summed E-state index contributed by atoms with van der Waals surface area (Å²) < 4.78 is 5.43. The minimum Gasteiger partial charge on any atom is -0.393 e. The summed E-state index contributed by atoms with van der Waals surface area (Å²) in [6, 6.07) is 0. The Morgan fingerprint density at radius 3 is 2.44 bits per heavy atom. The molecule has 1 heterocycles. The lowest BCUT2D eigenvalue weighted by atomic mass is 9.77. The van der Waals surface area contributed by atoms with Crippen LogP contribution in [0.25, 0.3) is 0 Å². The molecule has 4 unspecified atom stereocenters. The van der Waals surface area contributed by atoms with E-state index in [0.29, 0.717) is 18.9 Å². The van der Waals surface area contributed by atoms with E-state index in [1.54, 1.807) is 0 Å². The summed E-state index contributed by atoms with van der Waals surface area (Å²) in [7, 11) is 0. The Morgan fingerprint density at radius 2 is 1.78 bits per heavy atom. The van der Waals surface area contributed by atoms with Crippen LogP contribution in [0.4, 0.5) is 0 Å². The molecular weight excluding hydrogens is 232 g/mol.